The van der Waals surface area contributed by atoms with Crippen molar-refractivity contribution in [3.63, 3.8) is 0 Å². The number of benzene rings is 2. The van der Waals surface area contributed by atoms with Crippen LogP contribution in [0, 0.1) is 6.92 Å². The van der Waals surface area contributed by atoms with Gasteiger partial charge < -0.3 is 14.3 Å². The number of carbonyl (C=O) groups is 2. The van der Waals surface area contributed by atoms with Crippen LogP contribution in [0.3, 0.4) is 0 Å². The number of rotatable bonds is 7. The average Bonchev–Trinajstić information content (AvgIpc) is 3.59. The summed E-state index contributed by atoms with van der Waals surface area (Å²) in [4.78, 5) is 34.6. The van der Waals surface area contributed by atoms with E-state index in [9.17, 15) is 9.59 Å². The number of carbonyl (C=O) groups excluding carboxylic acids is 2. The van der Waals surface area contributed by atoms with Crippen LogP contribution in [0.2, 0.25) is 0 Å². The molecular formula is C29H30N4O3S. The van der Waals surface area contributed by atoms with E-state index in [4.69, 9.17) is 9.51 Å². The fourth-order valence-electron chi connectivity index (χ4n) is 4.72. The molecule has 37 heavy (non-hydrogen) atoms. The van der Waals surface area contributed by atoms with Gasteiger partial charge in [0.05, 0.1) is 5.01 Å². The van der Waals surface area contributed by atoms with Crippen molar-refractivity contribution < 1.29 is 14.1 Å². The Morgan fingerprint density at radius 1 is 1.05 bits per heavy atom. The van der Waals surface area contributed by atoms with Crippen LogP contribution in [0.15, 0.2) is 70.6 Å². The summed E-state index contributed by atoms with van der Waals surface area (Å²) < 4.78 is 5.40. The number of amides is 2. The van der Waals surface area contributed by atoms with Gasteiger partial charge in [0.25, 0.3) is 11.8 Å². The second-order valence-corrected chi connectivity index (χ2v) is 10.3. The van der Waals surface area contributed by atoms with Gasteiger partial charge in [-0.15, -0.1) is 11.3 Å². The van der Waals surface area contributed by atoms with Crippen LogP contribution in [0.5, 0.6) is 0 Å². The number of likely N-dealkylation sites (N-methyl/N-ethyl adjacent to an activating group) is 1. The minimum atomic E-state index is -0.0533. The largest absolute Gasteiger partial charge is 0.360 e. The van der Waals surface area contributed by atoms with Crippen molar-refractivity contribution in [1.82, 2.24) is 19.9 Å². The predicted octanol–water partition coefficient (Wildman–Crippen LogP) is 5.44. The highest BCUT2D eigenvalue weighted by molar-refractivity contribution is 7.09. The van der Waals surface area contributed by atoms with Gasteiger partial charge >= 0.3 is 0 Å². The molecule has 5 rings (SSSR count). The molecule has 0 bridgehead atoms. The number of hydrogen-bond donors (Lipinski definition) is 0. The van der Waals surface area contributed by atoms with Crippen LogP contribution in [-0.2, 0) is 6.42 Å². The second-order valence-electron chi connectivity index (χ2n) is 9.43. The molecule has 3 heterocycles. The fourth-order valence-corrected chi connectivity index (χ4v) is 5.68. The maximum Gasteiger partial charge on any atom is 0.273 e. The molecule has 1 fully saturated rings. The standard InChI is InChI=1S/C29H30N4O3S/c1-20-25(26(31-36-20)22-11-7-4-8-12-22)29(35)33-17-14-23(15-18-33)27-30-24(19-37-27)28(34)32(2)16-13-21-9-5-3-6-10-21/h3-12,19,23H,13-18H2,1-2H3. The Labute approximate surface area is 220 Å². The quantitative estimate of drug-likeness (QED) is 0.328. The van der Waals surface area contributed by atoms with Gasteiger partial charge in [-0.2, -0.15) is 0 Å². The molecule has 1 aliphatic rings. The van der Waals surface area contributed by atoms with E-state index in [0.29, 0.717) is 42.3 Å². The number of aromatic nitrogens is 2. The van der Waals surface area contributed by atoms with Crippen LogP contribution in [0.25, 0.3) is 11.3 Å². The molecule has 0 spiro atoms. The third-order valence-electron chi connectivity index (χ3n) is 6.92. The molecule has 2 aromatic heterocycles. The lowest BCUT2D eigenvalue weighted by atomic mass is 9.96. The number of nitrogens with zero attached hydrogens (tertiary/aromatic N) is 4. The van der Waals surface area contributed by atoms with Gasteiger partial charge in [0.15, 0.2) is 0 Å². The summed E-state index contributed by atoms with van der Waals surface area (Å²) in [5.41, 5.74) is 3.70. The molecule has 1 saturated heterocycles. The molecule has 0 aliphatic carbocycles. The molecule has 0 unspecified atom stereocenters. The molecule has 2 amide bonds. The van der Waals surface area contributed by atoms with E-state index in [2.05, 4.69) is 17.3 Å². The molecule has 4 aromatic rings. The number of piperidine rings is 1. The van der Waals surface area contributed by atoms with E-state index in [1.807, 2.05) is 65.9 Å². The zero-order chi connectivity index (χ0) is 25.8. The lowest BCUT2D eigenvalue weighted by Crippen LogP contribution is -2.38. The van der Waals surface area contributed by atoms with Crippen molar-refractivity contribution in [2.24, 2.45) is 0 Å². The van der Waals surface area contributed by atoms with Crippen LogP contribution in [-0.4, -0.2) is 58.4 Å². The first kappa shape index (κ1) is 24.9. The maximum absolute atomic E-state index is 13.4. The monoisotopic (exact) mass is 514 g/mol. The van der Waals surface area contributed by atoms with Gasteiger partial charge in [-0.05, 0) is 31.7 Å². The molecular weight excluding hydrogens is 484 g/mol. The van der Waals surface area contributed by atoms with Gasteiger partial charge in [0.1, 0.15) is 22.7 Å². The summed E-state index contributed by atoms with van der Waals surface area (Å²) in [5.74, 6) is 0.668. The lowest BCUT2D eigenvalue weighted by molar-refractivity contribution is 0.0711. The van der Waals surface area contributed by atoms with Gasteiger partial charge in [0, 0.05) is 43.5 Å². The summed E-state index contributed by atoms with van der Waals surface area (Å²) in [6.45, 7) is 3.68. The average molecular weight is 515 g/mol. The lowest BCUT2D eigenvalue weighted by Gasteiger charge is -2.31. The molecule has 1 aliphatic heterocycles. The number of aryl methyl sites for hydroxylation is 1. The zero-order valence-corrected chi connectivity index (χ0v) is 21.9. The first-order valence-electron chi connectivity index (χ1n) is 12.6. The number of likely N-dealkylation sites (tertiary alicyclic amines) is 1. The molecule has 0 atom stereocenters. The molecule has 190 valence electrons. The summed E-state index contributed by atoms with van der Waals surface area (Å²) in [6.07, 6.45) is 2.42. The fraction of sp³-hybridized carbons (Fsp3) is 0.310. The highest BCUT2D eigenvalue weighted by atomic mass is 32.1. The molecule has 0 radical (unpaired) electrons. The first-order valence-corrected chi connectivity index (χ1v) is 13.4. The second kappa shape index (κ2) is 11.1. The van der Waals surface area contributed by atoms with Crippen molar-refractivity contribution in [1.29, 1.82) is 0 Å². The Morgan fingerprint density at radius 3 is 2.43 bits per heavy atom. The van der Waals surface area contributed by atoms with Gasteiger partial charge in [-0.25, -0.2) is 4.98 Å². The SMILES string of the molecule is Cc1onc(-c2ccccc2)c1C(=O)N1CCC(c2nc(C(=O)N(C)CCc3ccccc3)cs2)CC1. The summed E-state index contributed by atoms with van der Waals surface area (Å²) in [7, 11) is 1.82. The summed E-state index contributed by atoms with van der Waals surface area (Å²) >= 11 is 1.54. The smallest absolute Gasteiger partial charge is 0.273 e. The molecule has 8 heteroatoms. The van der Waals surface area contributed by atoms with Gasteiger partial charge in [-0.3, -0.25) is 9.59 Å². The van der Waals surface area contributed by atoms with E-state index in [-0.39, 0.29) is 17.7 Å². The van der Waals surface area contributed by atoms with E-state index < -0.39 is 0 Å². The Morgan fingerprint density at radius 2 is 1.73 bits per heavy atom. The Balaban J connectivity index is 1.19. The normalized spacial score (nSPS) is 14.1. The van der Waals surface area contributed by atoms with Gasteiger partial charge in [0.2, 0.25) is 0 Å². The highest BCUT2D eigenvalue weighted by Crippen LogP contribution is 2.33. The predicted molar refractivity (Wildman–Crippen MR) is 144 cm³/mol. The number of thiazole rings is 1. The maximum atomic E-state index is 13.4. The van der Waals surface area contributed by atoms with Crippen molar-refractivity contribution in [3.8, 4) is 11.3 Å². The molecule has 2 aromatic carbocycles. The van der Waals surface area contributed by atoms with E-state index in [1.54, 1.807) is 11.8 Å². The van der Waals surface area contributed by atoms with Crippen LogP contribution in [0.4, 0.5) is 0 Å². The van der Waals surface area contributed by atoms with Crippen molar-refractivity contribution in [2.75, 3.05) is 26.7 Å². The van der Waals surface area contributed by atoms with Crippen molar-refractivity contribution in [2.45, 2.75) is 32.1 Å². The van der Waals surface area contributed by atoms with Crippen molar-refractivity contribution in [3.05, 3.63) is 93.6 Å². The minimum Gasteiger partial charge on any atom is -0.360 e. The van der Waals surface area contributed by atoms with E-state index in [0.717, 1.165) is 29.8 Å². The Kier molecular flexibility index (Phi) is 7.46. The van der Waals surface area contributed by atoms with Crippen LogP contribution < -0.4 is 0 Å². The van der Waals surface area contributed by atoms with Crippen LogP contribution in [0.1, 0.15) is 55.9 Å². The third-order valence-corrected chi connectivity index (χ3v) is 7.93. The summed E-state index contributed by atoms with van der Waals surface area (Å²) in [5, 5.41) is 6.99. The highest BCUT2D eigenvalue weighted by Gasteiger charge is 2.31. The Bertz CT molecular complexity index is 1360. The Hall–Kier alpha value is -3.78. The minimum absolute atomic E-state index is 0.0499. The first-order chi connectivity index (χ1) is 18.0. The van der Waals surface area contributed by atoms with Crippen molar-refractivity contribution >= 4 is 23.2 Å². The van der Waals surface area contributed by atoms with Gasteiger partial charge in [-0.1, -0.05) is 65.8 Å². The topological polar surface area (TPSA) is 79.5 Å². The molecule has 7 nitrogen and oxygen atoms in total. The summed E-state index contributed by atoms with van der Waals surface area (Å²) in [6, 6.07) is 19.8. The molecule has 0 N–H and O–H groups in total. The molecule has 0 saturated carbocycles. The third kappa shape index (κ3) is 5.49. The van der Waals surface area contributed by atoms with Crippen LogP contribution >= 0.6 is 11.3 Å². The van der Waals surface area contributed by atoms with E-state index in [1.165, 1.54) is 16.9 Å². The zero-order valence-electron chi connectivity index (χ0n) is 21.1. The number of hydrogen-bond acceptors (Lipinski definition) is 6. The van der Waals surface area contributed by atoms with E-state index >= 15 is 0 Å².